The average Bonchev–Trinajstić information content (AvgIpc) is 2.56. The van der Waals surface area contributed by atoms with Crippen molar-refractivity contribution in [1.29, 1.82) is 0 Å². The standard InChI is InChI=1S/C18H19FN2O3/c1-12-4-7-14(10-16(12)19)20-17(22)11-24-18(23)13-5-8-15(9-6-13)21(2)3/h4-10H,11H2,1-3H3,(H,20,22). The van der Waals surface area contributed by atoms with E-state index in [0.717, 1.165) is 5.69 Å². The van der Waals surface area contributed by atoms with E-state index < -0.39 is 24.3 Å². The van der Waals surface area contributed by atoms with Crippen molar-refractivity contribution < 1.29 is 18.7 Å². The van der Waals surface area contributed by atoms with E-state index in [4.69, 9.17) is 4.74 Å². The number of esters is 1. The number of benzene rings is 2. The summed E-state index contributed by atoms with van der Waals surface area (Å²) in [5.41, 5.74) is 2.11. The number of carbonyl (C=O) groups is 2. The van der Waals surface area contributed by atoms with Gasteiger partial charge in [-0.1, -0.05) is 6.07 Å². The summed E-state index contributed by atoms with van der Waals surface area (Å²) in [7, 11) is 3.79. The Morgan fingerprint density at radius 1 is 1.12 bits per heavy atom. The van der Waals surface area contributed by atoms with E-state index in [0.29, 0.717) is 16.8 Å². The van der Waals surface area contributed by atoms with Crippen molar-refractivity contribution in [1.82, 2.24) is 0 Å². The minimum atomic E-state index is -0.592. The number of hydrogen-bond acceptors (Lipinski definition) is 4. The number of nitrogens with one attached hydrogen (secondary N) is 1. The van der Waals surface area contributed by atoms with Gasteiger partial charge in [-0.05, 0) is 48.9 Å². The molecule has 126 valence electrons. The van der Waals surface area contributed by atoms with Crippen LogP contribution in [0.4, 0.5) is 15.8 Å². The minimum absolute atomic E-state index is 0.314. The third-order valence-corrected chi connectivity index (χ3v) is 3.41. The summed E-state index contributed by atoms with van der Waals surface area (Å²) in [4.78, 5) is 25.6. The van der Waals surface area contributed by atoms with Gasteiger partial charge in [-0.15, -0.1) is 0 Å². The second-order valence-corrected chi connectivity index (χ2v) is 5.53. The van der Waals surface area contributed by atoms with Gasteiger partial charge in [0.25, 0.3) is 5.91 Å². The number of nitrogens with zero attached hydrogens (tertiary/aromatic N) is 1. The SMILES string of the molecule is Cc1ccc(NC(=O)COC(=O)c2ccc(N(C)C)cc2)cc1F. The maximum absolute atomic E-state index is 13.4. The molecular weight excluding hydrogens is 311 g/mol. The molecule has 2 rings (SSSR count). The maximum Gasteiger partial charge on any atom is 0.338 e. The van der Waals surface area contributed by atoms with E-state index >= 15 is 0 Å². The Morgan fingerprint density at radius 2 is 1.79 bits per heavy atom. The fraction of sp³-hybridized carbons (Fsp3) is 0.222. The van der Waals surface area contributed by atoms with Crippen LogP contribution in [0.2, 0.25) is 0 Å². The molecule has 0 bridgehead atoms. The van der Waals surface area contributed by atoms with Gasteiger partial charge in [0.2, 0.25) is 0 Å². The van der Waals surface area contributed by atoms with Gasteiger partial charge in [0, 0.05) is 25.5 Å². The molecule has 0 aromatic heterocycles. The number of amides is 1. The van der Waals surface area contributed by atoms with Crippen molar-refractivity contribution in [2.75, 3.05) is 30.9 Å². The quantitative estimate of drug-likeness (QED) is 0.856. The van der Waals surface area contributed by atoms with Gasteiger partial charge in [0.05, 0.1) is 5.56 Å². The Bertz CT molecular complexity index is 742. The third kappa shape index (κ3) is 4.55. The minimum Gasteiger partial charge on any atom is -0.452 e. The Balaban J connectivity index is 1.88. The van der Waals surface area contributed by atoms with Crippen molar-refractivity contribution >= 4 is 23.3 Å². The van der Waals surface area contributed by atoms with Gasteiger partial charge in [0.1, 0.15) is 5.82 Å². The number of carbonyl (C=O) groups excluding carboxylic acids is 2. The summed E-state index contributed by atoms with van der Waals surface area (Å²) in [6.07, 6.45) is 0. The zero-order valence-electron chi connectivity index (χ0n) is 13.8. The summed E-state index contributed by atoms with van der Waals surface area (Å²) in [5, 5.41) is 2.48. The molecule has 0 fully saturated rings. The van der Waals surface area contributed by atoms with Crippen molar-refractivity contribution in [3.63, 3.8) is 0 Å². The Hall–Kier alpha value is -2.89. The highest BCUT2D eigenvalue weighted by Crippen LogP contribution is 2.14. The molecule has 5 nitrogen and oxygen atoms in total. The van der Waals surface area contributed by atoms with Gasteiger partial charge in [0.15, 0.2) is 6.61 Å². The largest absolute Gasteiger partial charge is 0.452 e. The van der Waals surface area contributed by atoms with E-state index in [2.05, 4.69) is 5.32 Å². The molecule has 24 heavy (non-hydrogen) atoms. The van der Waals surface area contributed by atoms with E-state index in [1.54, 1.807) is 43.3 Å². The first-order valence-electron chi connectivity index (χ1n) is 7.37. The van der Waals surface area contributed by atoms with Crippen LogP contribution in [0, 0.1) is 12.7 Å². The number of hydrogen-bond donors (Lipinski definition) is 1. The molecule has 0 atom stereocenters. The summed E-state index contributed by atoms with van der Waals surface area (Å²) in [6, 6.07) is 11.2. The zero-order chi connectivity index (χ0) is 17.7. The summed E-state index contributed by atoms with van der Waals surface area (Å²) >= 11 is 0. The van der Waals surface area contributed by atoms with Gasteiger partial charge >= 0.3 is 5.97 Å². The van der Waals surface area contributed by atoms with Gasteiger partial charge in [-0.25, -0.2) is 9.18 Å². The summed E-state index contributed by atoms with van der Waals surface area (Å²) in [5.74, 6) is -1.53. The van der Waals surface area contributed by atoms with Gasteiger partial charge in [-0.2, -0.15) is 0 Å². The molecule has 0 aliphatic rings. The first-order chi connectivity index (χ1) is 11.4. The molecule has 0 unspecified atom stereocenters. The van der Waals surface area contributed by atoms with E-state index in [1.165, 1.54) is 6.07 Å². The van der Waals surface area contributed by atoms with Crippen LogP contribution in [0.25, 0.3) is 0 Å². The molecule has 1 N–H and O–H groups in total. The van der Waals surface area contributed by atoms with E-state index in [9.17, 15) is 14.0 Å². The predicted molar refractivity (Wildman–Crippen MR) is 90.8 cm³/mol. The van der Waals surface area contributed by atoms with E-state index in [-0.39, 0.29) is 0 Å². The first-order valence-corrected chi connectivity index (χ1v) is 7.37. The maximum atomic E-state index is 13.4. The monoisotopic (exact) mass is 330 g/mol. The fourth-order valence-electron chi connectivity index (χ4n) is 1.98. The number of rotatable bonds is 5. The topological polar surface area (TPSA) is 58.6 Å². The van der Waals surface area contributed by atoms with Crippen molar-refractivity contribution in [3.8, 4) is 0 Å². The highest BCUT2D eigenvalue weighted by molar-refractivity contribution is 5.95. The molecule has 1 amide bonds. The number of ether oxygens (including phenoxy) is 1. The second-order valence-electron chi connectivity index (χ2n) is 5.53. The highest BCUT2D eigenvalue weighted by atomic mass is 19.1. The lowest BCUT2D eigenvalue weighted by Crippen LogP contribution is -2.21. The summed E-state index contributed by atoms with van der Waals surface area (Å²) < 4.78 is 18.4. The van der Waals surface area contributed by atoms with Crippen LogP contribution in [-0.4, -0.2) is 32.6 Å². The van der Waals surface area contributed by atoms with Crippen LogP contribution in [0.5, 0.6) is 0 Å². The van der Waals surface area contributed by atoms with Crippen LogP contribution < -0.4 is 10.2 Å². The molecule has 0 radical (unpaired) electrons. The predicted octanol–water partition coefficient (Wildman–Crippen LogP) is 3.00. The van der Waals surface area contributed by atoms with Gasteiger partial charge in [-0.3, -0.25) is 4.79 Å². The van der Waals surface area contributed by atoms with Gasteiger partial charge < -0.3 is 15.0 Å². The lowest BCUT2D eigenvalue weighted by molar-refractivity contribution is -0.119. The average molecular weight is 330 g/mol. The first kappa shape index (κ1) is 17.5. The Kier molecular flexibility index (Phi) is 5.52. The number of aryl methyl sites for hydroxylation is 1. The lowest BCUT2D eigenvalue weighted by atomic mass is 10.2. The highest BCUT2D eigenvalue weighted by Gasteiger charge is 2.11. The van der Waals surface area contributed by atoms with Crippen molar-refractivity contribution in [2.45, 2.75) is 6.92 Å². The molecule has 0 aliphatic carbocycles. The molecule has 0 saturated heterocycles. The molecule has 0 spiro atoms. The second kappa shape index (κ2) is 7.59. The number of halogens is 1. The Morgan fingerprint density at radius 3 is 2.38 bits per heavy atom. The molecule has 2 aromatic carbocycles. The normalized spacial score (nSPS) is 10.2. The molecular formula is C18H19FN2O3. The summed E-state index contributed by atoms with van der Waals surface area (Å²) in [6.45, 7) is 1.19. The van der Waals surface area contributed by atoms with E-state index in [1.807, 2.05) is 19.0 Å². The lowest BCUT2D eigenvalue weighted by Gasteiger charge is -2.12. The van der Waals surface area contributed by atoms with Crippen LogP contribution >= 0.6 is 0 Å². The van der Waals surface area contributed by atoms with Crippen LogP contribution in [0.15, 0.2) is 42.5 Å². The van der Waals surface area contributed by atoms with Crippen molar-refractivity contribution in [3.05, 3.63) is 59.4 Å². The smallest absolute Gasteiger partial charge is 0.338 e. The number of anilines is 2. The Labute approximate surface area is 140 Å². The molecule has 6 heteroatoms. The molecule has 0 saturated carbocycles. The van der Waals surface area contributed by atoms with Crippen LogP contribution in [0.1, 0.15) is 15.9 Å². The molecule has 2 aromatic rings. The molecule has 0 heterocycles. The molecule has 0 aliphatic heterocycles. The fourth-order valence-corrected chi connectivity index (χ4v) is 1.98. The van der Waals surface area contributed by atoms with Crippen LogP contribution in [-0.2, 0) is 9.53 Å². The third-order valence-electron chi connectivity index (χ3n) is 3.41. The van der Waals surface area contributed by atoms with Crippen molar-refractivity contribution in [2.24, 2.45) is 0 Å². The zero-order valence-corrected chi connectivity index (χ0v) is 13.8. The van der Waals surface area contributed by atoms with Crippen LogP contribution in [0.3, 0.4) is 0 Å².